The zero-order valence-electron chi connectivity index (χ0n) is 16.1. The molecule has 0 unspecified atom stereocenters. The third-order valence-corrected chi connectivity index (χ3v) is 6.75. The fourth-order valence-corrected chi connectivity index (χ4v) is 4.63. The third kappa shape index (κ3) is 3.86. The number of aromatic nitrogens is 2. The summed E-state index contributed by atoms with van der Waals surface area (Å²) < 4.78 is 25.0. The number of anilines is 1. The molecule has 1 aliphatic heterocycles. The number of hydrogen-bond donors (Lipinski definition) is 0. The minimum absolute atomic E-state index is 0.227. The normalized spacial score (nSPS) is 16.4. The smallest absolute Gasteiger partial charge is 0.225 e. The van der Waals surface area contributed by atoms with Gasteiger partial charge in [-0.15, -0.1) is 0 Å². The van der Waals surface area contributed by atoms with E-state index in [1.54, 1.807) is 10.5 Å². The number of benzene rings is 2. The summed E-state index contributed by atoms with van der Waals surface area (Å²) in [6, 6.07) is 16.8. The quantitative estimate of drug-likeness (QED) is 0.678. The highest BCUT2D eigenvalue weighted by Gasteiger charge is 2.28. The van der Waals surface area contributed by atoms with Crippen LogP contribution in [0.4, 0.5) is 5.95 Å². The molecule has 0 spiro atoms. The molecule has 3 aromatic rings. The van der Waals surface area contributed by atoms with Crippen molar-refractivity contribution < 1.29 is 8.42 Å². The van der Waals surface area contributed by atoms with Crippen LogP contribution < -0.4 is 4.90 Å². The first-order valence-corrected chi connectivity index (χ1v) is 11.3. The second kappa shape index (κ2) is 7.48. The second-order valence-corrected chi connectivity index (χ2v) is 9.29. The lowest BCUT2D eigenvalue weighted by atomic mass is 10.0. The van der Waals surface area contributed by atoms with E-state index in [0.29, 0.717) is 19.0 Å². The number of rotatable bonds is 4. The van der Waals surface area contributed by atoms with Crippen molar-refractivity contribution in [3.8, 4) is 11.3 Å². The summed E-state index contributed by atoms with van der Waals surface area (Å²) in [5.41, 5.74) is 1.94. The van der Waals surface area contributed by atoms with Crippen LogP contribution >= 0.6 is 0 Å². The average Bonchev–Trinajstić information content (AvgIpc) is 2.72. The molecule has 0 saturated carbocycles. The molecule has 146 valence electrons. The van der Waals surface area contributed by atoms with E-state index in [1.807, 2.05) is 25.2 Å². The summed E-state index contributed by atoms with van der Waals surface area (Å²) in [7, 11) is -1.13. The van der Waals surface area contributed by atoms with Gasteiger partial charge in [0.05, 0.1) is 11.9 Å². The van der Waals surface area contributed by atoms with Gasteiger partial charge in [0, 0.05) is 37.9 Å². The molecule has 0 amide bonds. The maximum absolute atomic E-state index is 11.7. The minimum atomic E-state index is -3.12. The Bertz CT molecular complexity index is 1090. The Balaban J connectivity index is 1.55. The van der Waals surface area contributed by atoms with Crippen molar-refractivity contribution in [2.24, 2.45) is 0 Å². The molecule has 0 bridgehead atoms. The topological polar surface area (TPSA) is 66.4 Å². The number of fused-ring (bicyclic) bond motifs is 1. The van der Waals surface area contributed by atoms with Crippen LogP contribution in [-0.2, 0) is 10.0 Å². The Kier molecular flexibility index (Phi) is 5.03. The van der Waals surface area contributed by atoms with Gasteiger partial charge in [-0.3, -0.25) is 0 Å². The number of piperidine rings is 1. The van der Waals surface area contributed by atoms with Crippen LogP contribution in [0.5, 0.6) is 0 Å². The van der Waals surface area contributed by atoms with E-state index in [9.17, 15) is 8.42 Å². The SMILES string of the molecule is CN(c1nccc(-c2ccc3ccccc3c2)n1)C1CCN(S(C)(=O)=O)CC1. The van der Waals surface area contributed by atoms with Crippen LogP contribution in [0.25, 0.3) is 22.0 Å². The highest BCUT2D eigenvalue weighted by molar-refractivity contribution is 7.88. The number of hydrogen-bond acceptors (Lipinski definition) is 5. The van der Waals surface area contributed by atoms with Gasteiger partial charge >= 0.3 is 0 Å². The molecule has 0 radical (unpaired) electrons. The highest BCUT2D eigenvalue weighted by atomic mass is 32.2. The highest BCUT2D eigenvalue weighted by Crippen LogP contribution is 2.25. The van der Waals surface area contributed by atoms with Crippen molar-refractivity contribution in [2.45, 2.75) is 18.9 Å². The van der Waals surface area contributed by atoms with Crippen molar-refractivity contribution in [2.75, 3.05) is 31.3 Å². The van der Waals surface area contributed by atoms with Gasteiger partial charge in [0.2, 0.25) is 16.0 Å². The molecule has 1 fully saturated rings. The molecule has 4 rings (SSSR count). The van der Waals surface area contributed by atoms with Gasteiger partial charge < -0.3 is 4.90 Å². The van der Waals surface area contributed by atoms with Gasteiger partial charge in [0.25, 0.3) is 0 Å². The lowest BCUT2D eigenvalue weighted by Crippen LogP contribution is -2.45. The largest absolute Gasteiger partial charge is 0.341 e. The van der Waals surface area contributed by atoms with Crippen LogP contribution in [0.2, 0.25) is 0 Å². The summed E-state index contributed by atoms with van der Waals surface area (Å²) in [6.45, 7) is 1.08. The molecule has 28 heavy (non-hydrogen) atoms. The molecule has 7 heteroatoms. The number of nitrogens with zero attached hydrogens (tertiary/aromatic N) is 4. The first-order valence-electron chi connectivity index (χ1n) is 9.42. The monoisotopic (exact) mass is 396 g/mol. The predicted molar refractivity (Wildman–Crippen MR) is 113 cm³/mol. The van der Waals surface area contributed by atoms with Crippen molar-refractivity contribution in [3.05, 3.63) is 54.7 Å². The molecular weight excluding hydrogens is 372 g/mol. The summed E-state index contributed by atoms with van der Waals surface area (Å²) in [5, 5.41) is 2.39. The molecule has 0 atom stereocenters. The van der Waals surface area contributed by atoms with Gasteiger partial charge in [0.1, 0.15) is 0 Å². The van der Waals surface area contributed by atoms with Crippen molar-refractivity contribution in [1.82, 2.24) is 14.3 Å². The molecular formula is C21H24N4O2S. The van der Waals surface area contributed by atoms with Crippen LogP contribution in [0.3, 0.4) is 0 Å². The molecule has 0 N–H and O–H groups in total. The van der Waals surface area contributed by atoms with Gasteiger partial charge in [-0.05, 0) is 35.7 Å². The van der Waals surface area contributed by atoms with Crippen LogP contribution in [0, 0.1) is 0 Å². The Labute approximate surface area is 165 Å². The summed E-state index contributed by atoms with van der Waals surface area (Å²) in [6.07, 6.45) is 4.60. The molecule has 6 nitrogen and oxygen atoms in total. The molecule has 1 saturated heterocycles. The van der Waals surface area contributed by atoms with E-state index in [-0.39, 0.29) is 6.04 Å². The van der Waals surface area contributed by atoms with Gasteiger partial charge in [-0.1, -0.05) is 36.4 Å². The third-order valence-electron chi connectivity index (χ3n) is 5.44. The van der Waals surface area contributed by atoms with E-state index >= 15 is 0 Å². The Morgan fingerprint density at radius 1 is 1.04 bits per heavy atom. The van der Waals surface area contributed by atoms with Crippen molar-refractivity contribution in [1.29, 1.82) is 0 Å². The maximum Gasteiger partial charge on any atom is 0.225 e. The zero-order valence-corrected chi connectivity index (χ0v) is 16.9. The van der Waals surface area contributed by atoms with E-state index in [2.05, 4.69) is 40.2 Å². The first-order chi connectivity index (χ1) is 13.4. The molecule has 2 heterocycles. The van der Waals surface area contributed by atoms with E-state index in [0.717, 1.165) is 24.1 Å². The van der Waals surface area contributed by atoms with Gasteiger partial charge in [-0.2, -0.15) is 0 Å². The van der Waals surface area contributed by atoms with Gasteiger partial charge in [-0.25, -0.2) is 22.7 Å². The molecule has 1 aromatic heterocycles. The first kappa shape index (κ1) is 18.8. The zero-order chi connectivity index (χ0) is 19.7. The Hall–Kier alpha value is -2.51. The van der Waals surface area contributed by atoms with E-state index in [1.165, 1.54) is 17.0 Å². The summed E-state index contributed by atoms with van der Waals surface area (Å²) in [5.74, 6) is 0.670. The lowest BCUT2D eigenvalue weighted by molar-refractivity contribution is 0.315. The van der Waals surface area contributed by atoms with Crippen molar-refractivity contribution in [3.63, 3.8) is 0 Å². The molecule has 2 aromatic carbocycles. The average molecular weight is 397 g/mol. The van der Waals surface area contributed by atoms with Crippen molar-refractivity contribution >= 4 is 26.7 Å². The number of sulfonamides is 1. The standard InChI is InChI=1S/C21H24N4O2S/c1-24(19-10-13-25(14-11-19)28(2,26)27)21-22-12-9-20(23-21)18-8-7-16-5-3-4-6-17(16)15-18/h3-9,12,15,19H,10-11,13-14H2,1-2H3. The lowest BCUT2D eigenvalue weighted by Gasteiger charge is -2.35. The maximum atomic E-state index is 11.7. The van der Waals surface area contributed by atoms with Crippen LogP contribution in [0.1, 0.15) is 12.8 Å². The van der Waals surface area contributed by atoms with Crippen LogP contribution in [0.15, 0.2) is 54.7 Å². The Morgan fingerprint density at radius 3 is 2.46 bits per heavy atom. The second-order valence-electron chi connectivity index (χ2n) is 7.31. The Morgan fingerprint density at radius 2 is 1.75 bits per heavy atom. The summed E-state index contributed by atoms with van der Waals surface area (Å²) in [4.78, 5) is 11.3. The fraction of sp³-hybridized carbons (Fsp3) is 0.333. The van der Waals surface area contributed by atoms with Crippen LogP contribution in [-0.4, -0.2) is 55.1 Å². The van der Waals surface area contributed by atoms with E-state index in [4.69, 9.17) is 4.98 Å². The summed E-state index contributed by atoms with van der Waals surface area (Å²) >= 11 is 0. The van der Waals surface area contributed by atoms with Gasteiger partial charge in [0.15, 0.2) is 0 Å². The molecule has 0 aliphatic carbocycles. The fourth-order valence-electron chi connectivity index (χ4n) is 3.75. The predicted octanol–water partition coefficient (Wildman–Crippen LogP) is 3.16. The minimum Gasteiger partial charge on any atom is -0.341 e. The van der Waals surface area contributed by atoms with E-state index < -0.39 is 10.0 Å². The molecule has 1 aliphatic rings.